The highest BCUT2D eigenvalue weighted by Gasteiger charge is 2.03. The van der Waals surface area contributed by atoms with Crippen LogP contribution in [0.3, 0.4) is 0 Å². The van der Waals surface area contributed by atoms with Crippen LogP contribution in [-0.4, -0.2) is 22.3 Å². The molecule has 0 aromatic rings. The fraction of sp³-hybridized carbons (Fsp3) is 0.864. The molecule has 1 unspecified atom stereocenters. The molecule has 0 heterocycles. The van der Waals surface area contributed by atoms with Crippen molar-refractivity contribution in [3.05, 3.63) is 11.6 Å². The highest BCUT2D eigenvalue weighted by atomic mass is 16.4. The summed E-state index contributed by atoms with van der Waals surface area (Å²) >= 11 is 0. The zero-order valence-electron chi connectivity index (χ0n) is 16.8. The summed E-state index contributed by atoms with van der Waals surface area (Å²) in [5, 5.41) is 18.7. The first-order valence-electron chi connectivity index (χ1n) is 10.7. The van der Waals surface area contributed by atoms with E-state index in [0.717, 1.165) is 25.7 Å². The summed E-state index contributed by atoms with van der Waals surface area (Å²) in [4.78, 5) is 10.6. The molecule has 0 saturated heterocycles. The van der Waals surface area contributed by atoms with Gasteiger partial charge >= 0.3 is 5.97 Å². The van der Waals surface area contributed by atoms with Gasteiger partial charge in [0.1, 0.15) is 0 Å². The fourth-order valence-electron chi connectivity index (χ4n) is 3.12. The summed E-state index contributed by atoms with van der Waals surface area (Å²) in [5.41, 5.74) is 0.464. The molecule has 3 heteroatoms. The van der Waals surface area contributed by atoms with Crippen LogP contribution < -0.4 is 0 Å². The predicted octanol–water partition coefficient (Wildman–Crippen LogP) is 6.64. The van der Waals surface area contributed by atoms with Crippen LogP contribution in [0.25, 0.3) is 0 Å². The number of hydrogen-bond acceptors (Lipinski definition) is 2. The Morgan fingerprint density at radius 3 is 1.72 bits per heavy atom. The summed E-state index contributed by atoms with van der Waals surface area (Å²) < 4.78 is 0. The van der Waals surface area contributed by atoms with Gasteiger partial charge in [-0.25, -0.2) is 4.79 Å². The third kappa shape index (κ3) is 17.8. The molecule has 0 spiro atoms. The second kappa shape index (κ2) is 18.0. The minimum absolute atomic E-state index is 0.0735. The Kier molecular flexibility index (Phi) is 17.4. The van der Waals surface area contributed by atoms with Crippen LogP contribution in [0.5, 0.6) is 0 Å². The van der Waals surface area contributed by atoms with E-state index in [2.05, 4.69) is 6.92 Å². The Bertz CT molecular complexity index is 336. The third-order valence-electron chi connectivity index (χ3n) is 4.92. The van der Waals surface area contributed by atoms with Crippen LogP contribution in [0.15, 0.2) is 11.6 Å². The number of carbonyl (C=O) groups is 1. The molecule has 0 bridgehead atoms. The number of aliphatic hydroxyl groups excluding tert-OH is 1. The largest absolute Gasteiger partial charge is 0.478 e. The quantitative estimate of drug-likeness (QED) is 0.214. The van der Waals surface area contributed by atoms with E-state index >= 15 is 0 Å². The van der Waals surface area contributed by atoms with Crippen LogP contribution in [0.1, 0.15) is 117 Å². The fourth-order valence-corrected chi connectivity index (χ4v) is 3.12. The Balaban J connectivity index is 3.23. The number of aliphatic carboxylic acids is 1. The maximum atomic E-state index is 10.6. The van der Waals surface area contributed by atoms with Gasteiger partial charge in [-0.1, -0.05) is 90.0 Å². The van der Waals surface area contributed by atoms with E-state index in [0.29, 0.717) is 5.57 Å². The lowest BCUT2D eigenvalue weighted by Crippen LogP contribution is -2.05. The first-order chi connectivity index (χ1) is 12.1. The van der Waals surface area contributed by atoms with E-state index in [1.165, 1.54) is 77.0 Å². The smallest absolute Gasteiger partial charge is 0.330 e. The monoisotopic (exact) mass is 354 g/mol. The van der Waals surface area contributed by atoms with Gasteiger partial charge in [0.2, 0.25) is 0 Å². The maximum Gasteiger partial charge on any atom is 0.330 e. The van der Waals surface area contributed by atoms with Gasteiger partial charge in [-0.3, -0.25) is 0 Å². The molecule has 0 rings (SSSR count). The Labute approximate surface area is 155 Å². The molecule has 0 aliphatic heterocycles. The van der Waals surface area contributed by atoms with Crippen molar-refractivity contribution in [3.8, 4) is 0 Å². The number of aliphatic hydroxyl groups is 1. The van der Waals surface area contributed by atoms with Crippen LogP contribution in [0, 0.1) is 0 Å². The van der Waals surface area contributed by atoms with Crippen LogP contribution in [0.4, 0.5) is 0 Å². The molecule has 0 fully saturated rings. The molecule has 0 aromatic heterocycles. The van der Waals surface area contributed by atoms with Crippen LogP contribution in [0.2, 0.25) is 0 Å². The summed E-state index contributed by atoms with van der Waals surface area (Å²) in [6, 6.07) is 0. The first kappa shape index (κ1) is 24.2. The molecule has 0 saturated carbocycles. The summed E-state index contributed by atoms with van der Waals surface area (Å²) in [5.74, 6) is -0.802. The second-order valence-corrected chi connectivity index (χ2v) is 7.45. The standard InChI is InChI=1S/C22H42O3/c1-3-4-5-15-18-21(23)19-16-13-11-9-7-6-8-10-12-14-17-20(2)22(24)25/h17,21,23H,3-16,18-19H2,1-2H3,(H,24,25)/b20-17+. The summed E-state index contributed by atoms with van der Waals surface area (Å²) in [7, 11) is 0. The molecule has 0 aromatic carbocycles. The van der Waals surface area contributed by atoms with Crippen molar-refractivity contribution >= 4 is 5.97 Å². The third-order valence-corrected chi connectivity index (χ3v) is 4.92. The number of hydrogen-bond donors (Lipinski definition) is 2. The minimum atomic E-state index is -0.802. The van der Waals surface area contributed by atoms with Gasteiger partial charge in [-0.2, -0.15) is 0 Å². The van der Waals surface area contributed by atoms with Gasteiger partial charge in [0, 0.05) is 5.57 Å². The van der Waals surface area contributed by atoms with E-state index < -0.39 is 5.97 Å². The average molecular weight is 355 g/mol. The normalized spacial score (nSPS) is 13.2. The molecule has 0 radical (unpaired) electrons. The molecule has 148 valence electrons. The number of allylic oxidation sites excluding steroid dienone is 1. The van der Waals surface area contributed by atoms with Crippen LogP contribution in [-0.2, 0) is 4.79 Å². The lowest BCUT2D eigenvalue weighted by atomic mass is 10.0. The minimum Gasteiger partial charge on any atom is -0.478 e. The van der Waals surface area contributed by atoms with E-state index in [-0.39, 0.29) is 6.10 Å². The van der Waals surface area contributed by atoms with Crippen molar-refractivity contribution in [1.82, 2.24) is 0 Å². The Morgan fingerprint density at radius 2 is 1.24 bits per heavy atom. The zero-order chi connectivity index (χ0) is 18.8. The highest BCUT2D eigenvalue weighted by molar-refractivity contribution is 5.85. The van der Waals surface area contributed by atoms with Gasteiger partial charge in [0.15, 0.2) is 0 Å². The van der Waals surface area contributed by atoms with Crippen molar-refractivity contribution in [2.24, 2.45) is 0 Å². The summed E-state index contributed by atoms with van der Waals surface area (Å²) in [6.07, 6.45) is 20.8. The lowest BCUT2D eigenvalue weighted by Gasteiger charge is -2.10. The first-order valence-corrected chi connectivity index (χ1v) is 10.7. The molecule has 25 heavy (non-hydrogen) atoms. The Hall–Kier alpha value is -0.830. The lowest BCUT2D eigenvalue weighted by molar-refractivity contribution is -0.132. The molecule has 0 aliphatic carbocycles. The highest BCUT2D eigenvalue weighted by Crippen LogP contribution is 2.14. The van der Waals surface area contributed by atoms with E-state index in [9.17, 15) is 9.90 Å². The molecular weight excluding hydrogens is 312 g/mol. The molecule has 0 aliphatic rings. The van der Waals surface area contributed by atoms with Gasteiger partial charge in [0.05, 0.1) is 6.10 Å². The van der Waals surface area contributed by atoms with Crippen molar-refractivity contribution in [2.75, 3.05) is 0 Å². The topological polar surface area (TPSA) is 57.5 Å². The SMILES string of the molecule is CCCCCCC(O)CCCCCCCCCCC/C=C(\C)C(=O)O. The van der Waals surface area contributed by atoms with Crippen molar-refractivity contribution in [3.63, 3.8) is 0 Å². The molecular formula is C22H42O3. The average Bonchev–Trinajstić information content (AvgIpc) is 2.59. The van der Waals surface area contributed by atoms with E-state index in [1.54, 1.807) is 6.92 Å². The zero-order valence-corrected chi connectivity index (χ0v) is 16.8. The summed E-state index contributed by atoms with van der Waals surface area (Å²) in [6.45, 7) is 3.88. The predicted molar refractivity (Wildman–Crippen MR) is 107 cm³/mol. The van der Waals surface area contributed by atoms with Gasteiger partial charge in [-0.15, -0.1) is 0 Å². The van der Waals surface area contributed by atoms with Gasteiger partial charge < -0.3 is 10.2 Å². The second-order valence-electron chi connectivity index (χ2n) is 7.45. The maximum absolute atomic E-state index is 10.6. The van der Waals surface area contributed by atoms with Crippen molar-refractivity contribution in [2.45, 2.75) is 123 Å². The number of carboxylic acid groups (broad SMARTS) is 1. The number of unbranched alkanes of at least 4 members (excludes halogenated alkanes) is 12. The van der Waals surface area contributed by atoms with Crippen molar-refractivity contribution in [1.29, 1.82) is 0 Å². The van der Waals surface area contributed by atoms with Crippen LogP contribution >= 0.6 is 0 Å². The molecule has 1 atom stereocenters. The number of rotatable bonds is 18. The van der Waals surface area contributed by atoms with Crippen molar-refractivity contribution < 1.29 is 15.0 Å². The Morgan fingerprint density at radius 1 is 0.800 bits per heavy atom. The van der Waals surface area contributed by atoms with Gasteiger partial charge in [0.25, 0.3) is 0 Å². The van der Waals surface area contributed by atoms with E-state index in [4.69, 9.17) is 5.11 Å². The number of carboxylic acids is 1. The van der Waals surface area contributed by atoms with Gasteiger partial charge in [-0.05, 0) is 32.6 Å². The molecule has 0 amide bonds. The van der Waals surface area contributed by atoms with E-state index in [1.807, 2.05) is 6.08 Å². The molecule has 3 nitrogen and oxygen atoms in total. The molecule has 2 N–H and O–H groups in total.